The van der Waals surface area contributed by atoms with Crippen LogP contribution in [0.3, 0.4) is 0 Å². The van der Waals surface area contributed by atoms with Gasteiger partial charge in [0.2, 0.25) is 5.91 Å². The van der Waals surface area contributed by atoms with Gasteiger partial charge in [0, 0.05) is 33.3 Å². The van der Waals surface area contributed by atoms with E-state index in [0.29, 0.717) is 6.61 Å². The molecule has 0 spiro atoms. The Kier molecular flexibility index (Phi) is 3.99. The summed E-state index contributed by atoms with van der Waals surface area (Å²) in [5.74, 6) is 0.816. The Morgan fingerprint density at radius 3 is 2.94 bits per heavy atom. The van der Waals surface area contributed by atoms with Gasteiger partial charge < -0.3 is 15.0 Å². The highest BCUT2D eigenvalue weighted by Gasteiger charge is 2.09. The molecule has 0 atom stereocenters. The molecule has 96 valence electrons. The lowest BCUT2D eigenvalue weighted by atomic mass is 10.1. The monoisotopic (exact) mass is 246 g/mol. The summed E-state index contributed by atoms with van der Waals surface area (Å²) in [7, 11) is 3.45. The molecule has 1 aliphatic rings. The van der Waals surface area contributed by atoms with E-state index in [1.807, 2.05) is 6.07 Å². The highest BCUT2D eigenvalue weighted by molar-refractivity contribution is 5.87. The molecule has 0 aliphatic carbocycles. The minimum absolute atomic E-state index is 0.0308. The number of hydrogen-bond donors (Lipinski definition) is 1. The van der Waals surface area contributed by atoms with Crippen LogP contribution in [0.25, 0.3) is 0 Å². The standard InChI is InChI=1S/C14H18N2O2/c1-16(2)14(17)4-3-7-18-13-6-5-11-9-15-10-12(11)8-13/h3-6,8,15H,7,9-10H2,1-2H3/b4-3+. The summed E-state index contributed by atoms with van der Waals surface area (Å²) in [6.07, 6.45) is 3.25. The molecule has 2 rings (SSSR count). The van der Waals surface area contributed by atoms with Crippen molar-refractivity contribution in [3.05, 3.63) is 41.5 Å². The number of fused-ring (bicyclic) bond motifs is 1. The molecule has 1 aromatic carbocycles. The van der Waals surface area contributed by atoms with Crippen LogP contribution in [0, 0.1) is 0 Å². The second kappa shape index (κ2) is 5.69. The Labute approximate surface area is 107 Å². The summed E-state index contributed by atoms with van der Waals surface area (Å²) >= 11 is 0. The van der Waals surface area contributed by atoms with Gasteiger partial charge in [0.15, 0.2) is 0 Å². The molecule has 1 aromatic rings. The molecule has 0 bridgehead atoms. The number of amides is 1. The van der Waals surface area contributed by atoms with Gasteiger partial charge in [-0.1, -0.05) is 6.07 Å². The zero-order valence-electron chi connectivity index (χ0n) is 10.8. The van der Waals surface area contributed by atoms with Crippen molar-refractivity contribution < 1.29 is 9.53 Å². The van der Waals surface area contributed by atoms with Crippen molar-refractivity contribution in [3.63, 3.8) is 0 Å². The maximum atomic E-state index is 11.3. The first-order valence-electron chi connectivity index (χ1n) is 6.00. The summed E-state index contributed by atoms with van der Waals surface area (Å²) in [5.41, 5.74) is 2.63. The molecule has 0 radical (unpaired) electrons. The maximum absolute atomic E-state index is 11.3. The number of carbonyl (C=O) groups excluding carboxylic acids is 1. The summed E-state index contributed by atoms with van der Waals surface area (Å²) in [6, 6.07) is 6.10. The van der Waals surface area contributed by atoms with E-state index in [1.165, 1.54) is 22.1 Å². The molecule has 0 fully saturated rings. The largest absolute Gasteiger partial charge is 0.490 e. The van der Waals surface area contributed by atoms with E-state index in [0.717, 1.165) is 18.8 Å². The van der Waals surface area contributed by atoms with Crippen molar-refractivity contribution in [2.45, 2.75) is 13.1 Å². The van der Waals surface area contributed by atoms with Crippen LogP contribution < -0.4 is 10.1 Å². The van der Waals surface area contributed by atoms with Gasteiger partial charge in [-0.25, -0.2) is 0 Å². The van der Waals surface area contributed by atoms with Crippen LogP contribution in [0.4, 0.5) is 0 Å². The van der Waals surface area contributed by atoms with Crippen LogP contribution in [-0.4, -0.2) is 31.5 Å². The van der Waals surface area contributed by atoms with Crippen molar-refractivity contribution in [3.8, 4) is 5.75 Å². The molecule has 0 aromatic heterocycles. The molecule has 4 heteroatoms. The molecule has 1 N–H and O–H groups in total. The molecule has 18 heavy (non-hydrogen) atoms. The first kappa shape index (κ1) is 12.6. The van der Waals surface area contributed by atoms with Gasteiger partial charge in [0.05, 0.1) is 0 Å². The van der Waals surface area contributed by atoms with Gasteiger partial charge in [-0.3, -0.25) is 4.79 Å². The van der Waals surface area contributed by atoms with Crippen LogP contribution in [0.1, 0.15) is 11.1 Å². The first-order valence-corrected chi connectivity index (χ1v) is 6.00. The lowest BCUT2D eigenvalue weighted by Crippen LogP contribution is -2.19. The second-order valence-electron chi connectivity index (χ2n) is 4.48. The zero-order valence-corrected chi connectivity index (χ0v) is 10.8. The minimum Gasteiger partial charge on any atom is -0.490 e. The normalized spacial score (nSPS) is 13.7. The summed E-state index contributed by atoms with van der Waals surface area (Å²) in [4.78, 5) is 12.8. The fraction of sp³-hybridized carbons (Fsp3) is 0.357. The van der Waals surface area contributed by atoms with E-state index in [9.17, 15) is 4.79 Å². The summed E-state index contributed by atoms with van der Waals surface area (Å²) in [6.45, 7) is 2.25. The SMILES string of the molecule is CN(C)C(=O)/C=C/COc1ccc2c(c1)CNC2. The molecule has 0 saturated heterocycles. The topological polar surface area (TPSA) is 41.6 Å². The van der Waals surface area contributed by atoms with Crippen LogP contribution in [0.5, 0.6) is 5.75 Å². The zero-order chi connectivity index (χ0) is 13.0. The van der Waals surface area contributed by atoms with Crippen molar-refractivity contribution in [2.75, 3.05) is 20.7 Å². The van der Waals surface area contributed by atoms with E-state index in [-0.39, 0.29) is 5.91 Å². The van der Waals surface area contributed by atoms with Gasteiger partial charge in [0.25, 0.3) is 0 Å². The number of benzene rings is 1. The smallest absolute Gasteiger partial charge is 0.245 e. The fourth-order valence-corrected chi connectivity index (χ4v) is 1.80. The number of ether oxygens (including phenoxy) is 1. The molecular formula is C14H18N2O2. The van der Waals surface area contributed by atoms with E-state index in [2.05, 4.69) is 17.4 Å². The van der Waals surface area contributed by atoms with Crippen molar-refractivity contribution in [2.24, 2.45) is 0 Å². The molecule has 1 heterocycles. The minimum atomic E-state index is -0.0308. The molecule has 0 saturated carbocycles. The third-order valence-electron chi connectivity index (χ3n) is 2.86. The predicted octanol–water partition coefficient (Wildman–Crippen LogP) is 1.31. The average Bonchev–Trinajstić information content (AvgIpc) is 2.81. The lowest BCUT2D eigenvalue weighted by molar-refractivity contribution is -0.123. The van der Waals surface area contributed by atoms with Crippen molar-refractivity contribution in [1.29, 1.82) is 0 Å². The Bertz CT molecular complexity index is 467. The maximum Gasteiger partial charge on any atom is 0.245 e. The Morgan fingerprint density at radius 1 is 1.39 bits per heavy atom. The lowest BCUT2D eigenvalue weighted by Gasteiger charge is -2.07. The van der Waals surface area contributed by atoms with Gasteiger partial charge in [-0.05, 0) is 29.3 Å². The Balaban J connectivity index is 1.86. The molecular weight excluding hydrogens is 228 g/mol. The quantitative estimate of drug-likeness (QED) is 0.815. The van der Waals surface area contributed by atoms with Crippen LogP contribution in [0.2, 0.25) is 0 Å². The third kappa shape index (κ3) is 3.11. The fourth-order valence-electron chi connectivity index (χ4n) is 1.80. The van der Waals surface area contributed by atoms with Gasteiger partial charge >= 0.3 is 0 Å². The summed E-state index contributed by atoms with van der Waals surface area (Å²) < 4.78 is 5.58. The van der Waals surface area contributed by atoms with E-state index >= 15 is 0 Å². The van der Waals surface area contributed by atoms with Crippen molar-refractivity contribution in [1.82, 2.24) is 10.2 Å². The Morgan fingerprint density at radius 2 is 2.17 bits per heavy atom. The molecule has 0 unspecified atom stereocenters. The van der Waals surface area contributed by atoms with E-state index in [4.69, 9.17) is 4.74 Å². The number of rotatable bonds is 4. The number of hydrogen-bond acceptors (Lipinski definition) is 3. The van der Waals surface area contributed by atoms with Gasteiger partial charge in [-0.2, -0.15) is 0 Å². The molecule has 1 aliphatic heterocycles. The van der Waals surface area contributed by atoms with Crippen LogP contribution >= 0.6 is 0 Å². The number of carbonyl (C=O) groups is 1. The van der Waals surface area contributed by atoms with Gasteiger partial charge in [0.1, 0.15) is 12.4 Å². The highest BCUT2D eigenvalue weighted by Crippen LogP contribution is 2.21. The summed E-state index contributed by atoms with van der Waals surface area (Å²) in [5, 5.41) is 3.29. The van der Waals surface area contributed by atoms with Crippen LogP contribution in [0.15, 0.2) is 30.4 Å². The third-order valence-corrected chi connectivity index (χ3v) is 2.86. The van der Waals surface area contributed by atoms with Gasteiger partial charge in [-0.15, -0.1) is 0 Å². The highest BCUT2D eigenvalue weighted by atomic mass is 16.5. The van der Waals surface area contributed by atoms with E-state index in [1.54, 1.807) is 20.2 Å². The number of likely N-dealkylation sites (N-methyl/N-ethyl adjacent to an activating group) is 1. The molecule has 1 amide bonds. The number of nitrogens with one attached hydrogen (secondary N) is 1. The van der Waals surface area contributed by atoms with Crippen molar-refractivity contribution >= 4 is 5.91 Å². The van der Waals surface area contributed by atoms with Crippen LogP contribution in [-0.2, 0) is 17.9 Å². The first-order chi connectivity index (χ1) is 8.66. The van der Waals surface area contributed by atoms with E-state index < -0.39 is 0 Å². The average molecular weight is 246 g/mol. The Hall–Kier alpha value is -1.81. The predicted molar refractivity (Wildman–Crippen MR) is 70.3 cm³/mol. The number of nitrogens with zero attached hydrogens (tertiary/aromatic N) is 1. The molecule has 4 nitrogen and oxygen atoms in total. The second-order valence-corrected chi connectivity index (χ2v) is 4.48.